The van der Waals surface area contributed by atoms with Crippen LogP contribution in [-0.2, 0) is 0 Å². The smallest absolute Gasteiger partial charge is 0.269 e. The van der Waals surface area contributed by atoms with Gasteiger partial charge in [-0.25, -0.2) is 0 Å². The molecule has 1 aromatic rings. The molecule has 0 aliphatic rings. The van der Waals surface area contributed by atoms with E-state index in [1.54, 1.807) is 18.2 Å². The second kappa shape index (κ2) is 7.12. The molecule has 0 fully saturated rings. The molecule has 0 spiro atoms. The number of hydrogen-bond acceptors (Lipinski definition) is 4. The topological polar surface area (TPSA) is 71.6 Å². The maximum atomic E-state index is 12.0. The second-order valence-electron chi connectivity index (χ2n) is 5.35. The van der Waals surface area contributed by atoms with Gasteiger partial charge >= 0.3 is 0 Å². The first-order valence-electron chi connectivity index (χ1n) is 6.37. The van der Waals surface area contributed by atoms with E-state index in [1.807, 2.05) is 20.8 Å². The van der Waals surface area contributed by atoms with E-state index in [0.717, 1.165) is 0 Å². The van der Waals surface area contributed by atoms with Crippen LogP contribution in [0.1, 0.15) is 31.1 Å². The van der Waals surface area contributed by atoms with Crippen LogP contribution in [0.4, 0.5) is 0 Å². The fraction of sp³-hybridized carbons (Fsp3) is 0.429. The van der Waals surface area contributed by atoms with Crippen LogP contribution in [0.3, 0.4) is 0 Å². The Kier molecular flexibility index (Phi) is 5.78. The van der Waals surface area contributed by atoms with Crippen LogP contribution in [0.25, 0.3) is 0 Å². The summed E-state index contributed by atoms with van der Waals surface area (Å²) in [6, 6.07) is 4.90. The van der Waals surface area contributed by atoms with Crippen LogP contribution >= 0.6 is 12.2 Å². The zero-order valence-electron chi connectivity index (χ0n) is 12.9. The van der Waals surface area contributed by atoms with Gasteiger partial charge in [-0.05, 0) is 51.2 Å². The largest absolute Gasteiger partial charge is 0.493 e. The van der Waals surface area contributed by atoms with Crippen LogP contribution in [0.2, 0.25) is 0 Å². The van der Waals surface area contributed by atoms with Crippen LogP contribution in [0.15, 0.2) is 18.2 Å². The normalized spacial score (nSPS) is 10.5. The monoisotopic (exact) mass is 311 g/mol. The van der Waals surface area contributed by atoms with Gasteiger partial charge < -0.3 is 14.8 Å². The molecule has 0 unspecified atom stereocenters. The number of benzene rings is 1. The van der Waals surface area contributed by atoms with Crippen molar-refractivity contribution in [2.75, 3.05) is 14.2 Å². The number of hydrogen-bond donors (Lipinski definition) is 3. The minimum absolute atomic E-state index is 0.182. The number of ether oxygens (including phenoxy) is 2. The SMILES string of the molecule is COc1ccc(C(=O)NNC(=S)NC(C)(C)C)cc1OC. The predicted octanol–water partition coefficient (Wildman–Crippen LogP) is 1.61. The van der Waals surface area contributed by atoms with Gasteiger partial charge in [0.1, 0.15) is 0 Å². The number of rotatable bonds is 3. The minimum atomic E-state index is -0.325. The molecule has 0 aromatic heterocycles. The number of nitrogens with one attached hydrogen (secondary N) is 3. The summed E-state index contributed by atoms with van der Waals surface area (Å²) in [4.78, 5) is 12.0. The van der Waals surface area contributed by atoms with E-state index in [9.17, 15) is 4.79 Å². The molecule has 3 N–H and O–H groups in total. The van der Waals surface area contributed by atoms with Crippen molar-refractivity contribution >= 4 is 23.2 Å². The Morgan fingerprint density at radius 2 is 1.71 bits per heavy atom. The molecule has 0 heterocycles. The molecule has 1 amide bonds. The number of thiocarbonyl (C=S) groups is 1. The van der Waals surface area contributed by atoms with Crippen molar-refractivity contribution in [3.05, 3.63) is 23.8 Å². The lowest BCUT2D eigenvalue weighted by Gasteiger charge is -2.23. The van der Waals surface area contributed by atoms with Gasteiger partial charge in [0.25, 0.3) is 5.91 Å². The Morgan fingerprint density at radius 3 is 2.24 bits per heavy atom. The summed E-state index contributed by atoms with van der Waals surface area (Å²) in [7, 11) is 3.05. The third-order valence-electron chi connectivity index (χ3n) is 2.42. The Labute approximate surface area is 130 Å². The summed E-state index contributed by atoms with van der Waals surface area (Å²) < 4.78 is 10.3. The molecule has 0 atom stereocenters. The summed E-state index contributed by atoms with van der Waals surface area (Å²) in [5.41, 5.74) is 5.42. The molecule has 0 saturated carbocycles. The van der Waals surface area contributed by atoms with Gasteiger partial charge in [-0.1, -0.05) is 0 Å². The van der Waals surface area contributed by atoms with E-state index in [-0.39, 0.29) is 11.4 Å². The van der Waals surface area contributed by atoms with E-state index in [0.29, 0.717) is 22.2 Å². The second-order valence-corrected chi connectivity index (χ2v) is 5.76. The van der Waals surface area contributed by atoms with Gasteiger partial charge in [0.05, 0.1) is 14.2 Å². The highest BCUT2D eigenvalue weighted by molar-refractivity contribution is 7.80. The minimum Gasteiger partial charge on any atom is -0.493 e. The highest BCUT2D eigenvalue weighted by Gasteiger charge is 2.13. The summed E-state index contributed by atoms with van der Waals surface area (Å²) >= 11 is 5.08. The van der Waals surface area contributed by atoms with Gasteiger partial charge in [-0.15, -0.1) is 0 Å². The molecule has 6 nitrogen and oxygen atoms in total. The molecule has 0 bridgehead atoms. The lowest BCUT2D eigenvalue weighted by Crippen LogP contribution is -2.52. The standard InChI is InChI=1S/C14H21N3O3S/c1-14(2,3)15-13(21)17-16-12(18)9-6-7-10(19-4)11(8-9)20-5/h6-8H,1-5H3,(H,16,18)(H2,15,17,21). The van der Waals surface area contributed by atoms with Gasteiger partial charge in [-0.3, -0.25) is 15.6 Å². The first kappa shape index (κ1) is 17.0. The molecule has 21 heavy (non-hydrogen) atoms. The van der Waals surface area contributed by atoms with Crippen molar-refractivity contribution in [2.24, 2.45) is 0 Å². The molecule has 0 saturated heterocycles. The maximum absolute atomic E-state index is 12.0. The molecular formula is C14H21N3O3S. The average molecular weight is 311 g/mol. The van der Waals surface area contributed by atoms with Crippen molar-refractivity contribution in [1.82, 2.24) is 16.2 Å². The summed E-state index contributed by atoms with van der Waals surface area (Å²) in [6.07, 6.45) is 0. The number of carbonyl (C=O) groups excluding carboxylic acids is 1. The van der Waals surface area contributed by atoms with E-state index in [1.165, 1.54) is 14.2 Å². The fourth-order valence-corrected chi connectivity index (χ4v) is 1.89. The number of methoxy groups -OCH3 is 2. The third-order valence-corrected chi connectivity index (χ3v) is 2.63. The maximum Gasteiger partial charge on any atom is 0.269 e. The highest BCUT2D eigenvalue weighted by Crippen LogP contribution is 2.27. The zero-order valence-corrected chi connectivity index (χ0v) is 13.7. The molecule has 7 heteroatoms. The molecule has 1 rings (SSSR count). The Hall–Kier alpha value is -2.02. The van der Waals surface area contributed by atoms with E-state index in [2.05, 4.69) is 16.2 Å². The van der Waals surface area contributed by atoms with E-state index >= 15 is 0 Å². The lowest BCUT2D eigenvalue weighted by atomic mass is 10.1. The highest BCUT2D eigenvalue weighted by atomic mass is 32.1. The molecule has 0 aliphatic heterocycles. The Bertz CT molecular complexity index is 527. The van der Waals surface area contributed by atoms with Crippen molar-refractivity contribution in [1.29, 1.82) is 0 Å². The first-order chi connectivity index (χ1) is 9.76. The number of carbonyl (C=O) groups is 1. The molecule has 0 radical (unpaired) electrons. The quantitative estimate of drug-likeness (QED) is 0.582. The van der Waals surface area contributed by atoms with Crippen LogP contribution in [0, 0.1) is 0 Å². The molecule has 116 valence electrons. The van der Waals surface area contributed by atoms with Crippen LogP contribution in [-0.4, -0.2) is 30.8 Å². The summed E-state index contributed by atoms with van der Waals surface area (Å²) in [6.45, 7) is 5.91. The average Bonchev–Trinajstić information content (AvgIpc) is 2.42. The van der Waals surface area contributed by atoms with Crippen LogP contribution < -0.4 is 25.6 Å². The van der Waals surface area contributed by atoms with Crippen molar-refractivity contribution in [3.63, 3.8) is 0 Å². The van der Waals surface area contributed by atoms with Crippen molar-refractivity contribution in [2.45, 2.75) is 26.3 Å². The molecular weight excluding hydrogens is 290 g/mol. The summed E-state index contributed by atoms with van der Waals surface area (Å²) in [5, 5.41) is 3.37. The lowest BCUT2D eigenvalue weighted by molar-refractivity contribution is 0.0943. The summed E-state index contributed by atoms with van der Waals surface area (Å²) in [5.74, 6) is 0.724. The zero-order chi connectivity index (χ0) is 16.0. The molecule has 1 aromatic carbocycles. The number of amides is 1. The third kappa shape index (κ3) is 5.47. The van der Waals surface area contributed by atoms with E-state index < -0.39 is 0 Å². The molecule has 0 aliphatic carbocycles. The van der Waals surface area contributed by atoms with Crippen molar-refractivity contribution in [3.8, 4) is 11.5 Å². The Balaban J connectivity index is 2.66. The predicted molar refractivity (Wildman–Crippen MR) is 85.6 cm³/mol. The first-order valence-corrected chi connectivity index (χ1v) is 6.78. The van der Waals surface area contributed by atoms with Gasteiger partial charge in [0, 0.05) is 11.1 Å². The fourth-order valence-electron chi connectivity index (χ4n) is 1.54. The Morgan fingerprint density at radius 1 is 1.10 bits per heavy atom. The van der Waals surface area contributed by atoms with Gasteiger partial charge in [-0.2, -0.15) is 0 Å². The van der Waals surface area contributed by atoms with Gasteiger partial charge in [0.15, 0.2) is 16.6 Å². The van der Waals surface area contributed by atoms with Gasteiger partial charge in [0.2, 0.25) is 0 Å². The van der Waals surface area contributed by atoms with E-state index in [4.69, 9.17) is 21.7 Å². The number of hydrazine groups is 1. The van der Waals surface area contributed by atoms with Crippen LogP contribution in [0.5, 0.6) is 11.5 Å². The van der Waals surface area contributed by atoms with Crippen molar-refractivity contribution < 1.29 is 14.3 Å².